The van der Waals surface area contributed by atoms with Gasteiger partial charge < -0.3 is 5.11 Å². The Morgan fingerprint density at radius 1 is 1.19 bits per heavy atom. The molecule has 0 bridgehead atoms. The number of sulfonamides is 1. The van der Waals surface area contributed by atoms with Crippen LogP contribution in [0.2, 0.25) is 4.34 Å². The van der Waals surface area contributed by atoms with Crippen LogP contribution in [0.25, 0.3) is 0 Å². The number of fused-ring (bicyclic) bond motifs is 1. The van der Waals surface area contributed by atoms with Gasteiger partial charge in [-0.3, -0.25) is 0 Å². The number of hydrogen-bond donors (Lipinski definition) is 1. The summed E-state index contributed by atoms with van der Waals surface area (Å²) in [6, 6.07) is 7.70. The third-order valence-corrected chi connectivity index (χ3v) is 6.78. The SMILES string of the molecule is O=C(O)c1ccc2c(c1)CN(S(=O)(=O)c1ccc(Cl)s1)C2. The molecule has 0 aliphatic carbocycles. The van der Waals surface area contributed by atoms with Gasteiger partial charge in [-0.1, -0.05) is 17.7 Å². The fraction of sp³-hybridized carbons (Fsp3) is 0.154. The Morgan fingerprint density at radius 3 is 2.52 bits per heavy atom. The molecule has 1 N–H and O–H groups in total. The lowest BCUT2D eigenvalue weighted by Gasteiger charge is -2.13. The first kappa shape index (κ1) is 14.5. The number of halogens is 1. The maximum Gasteiger partial charge on any atom is 0.335 e. The largest absolute Gasteiger partial charge is 0.478 e. The molecule has 8 heteroatoms. The van der Waals surface area contributed by atoms with E-state index in [1.807, 2.05) is 0 Å². The summed E-state index contributed by atoms with van der Waals surface area (Å²) in [6.07, 6.45) is 0. The molecule has 0 unspecified atom stereocenters. The van der Waals surface area contributed by atoms with Crippen LogP contribution in [0, 0.1) is 0 Å². The summed E-state index contributed by atoms with van der Waals surface area (Å²) in [5.74, 6) is -1.02. The predicted octanol–water partition coefficient (Wildman–Crippen LogP) is 2.80. The van der Waals surface area contributed by atoms with E-state index in [9.17, 15) is 13.2 Å². The Kier molecular flexibility index (Phi) is 3.53. The third kappa shape index (κ3) is 2.57. The van der Waals surface area contributed by atoms with E-state index in [1.165, 1.54) is 22.5 Å². The van der Waals surface area contributed by atoms with E-state index in [0.29, 0.717) is 4.34 Å². The molecule has 1 aliphatic rings. The molecule has 0 radical (unpaired) electrons. The van der Waals surface area contributed by atoms with Gasteiger partial charge in [-0.25, -0.2) is 13.2 Å². The summed E-state index contributed by atoms with van der Waals surface area (Å²) in [7, 11) is -3.60. The first-order valence-corrected chi connectivity index (χ1v) is 8.62. The number of rotatable bonds is 3. The van der Waals surface area contributed by atoms with Crippen LogP contribution in [0.15, 0.2) is 34.5 Å². The molecule has 0 fully saturated rings. The first-order chi connectivity index (χ1) is 9.88. The van der Waals surface area contributed by atoms with Crippen molar-refractivity contribution in [2.75, 3.05) is 0 Å². The molecule has 1 aromatic heterocycles. The molecule has 0 spiro atoms. The number of carbonyl (C=O) groups is 1. The molecule has 1 aromatic carbocycles. The minimum atomic E-state index is -3.60. The molecular weight excluding hydrogens is 334 g/mol. The fourth-order valence-electron chi connectivity index (χ4n) is 2.23. The fourth-order valence-corrected chi connectivity index (χ4v) is 5.26. The lowest BCUT2D eigenvalue weighted by atomic mass is 10.1. The summed E-state index contributed by atoms with van der Waals surface area (Å²) in [5, 5.41) is 8.98. The van der Waals surface area contributed by atoms with Crippen LogP contribution in [-0.4, -0.2) is 23.8 Å². The van der Waals surface area contributed by atoms with Gasteiger partial charge in [0.15, 0.2) is 0 Å². The van der Waals surface area contributed by atoms with Gasteiger partial charge in [0, 0.05) is 13.1 Å². The van der Waals surface area contributed by atoms with Gasteiger partial charge in [-0.15, -0.1) is 11.3 Å². The number of thiophene rings is 1. The monoisotopic (exact) mass is 343 g/mol. The van der Waals surface area contributed by atoms with Crippen molar-refractivity contribution in [3.63, 3.8) is 0 Å². The zero-order chi connectivity index (χ0) is 15.2. The predicted molar refractivity (Wildman–Crippen MR) is 79.2 cm³/mol. The van der Waals surface area contributed by atoms with Gasteiger partial charge in [0.05, 0.1) is 9.90 Å². The molecule has 110 valence electrons. The molecule has 2 heterocycles. The van der Waals surface area contributed by atoms with E-state index in [2.05, 4.69) is 0 Å². The maximum atomic E-state index is 12.5. The van der Waals surface area contributed by atoms with Crippen molar-refractivity contribution in [2.24, 2.45) is 0 Å². The standard InChI is InChI=1S/C13H10ClNO4S2/c14-11-3-4-12(20-11)21(18,19)15-6-9-2-1-8(13(16)17)5-10(9)7-15/h1-5H,6-7H2,(H,16,17). The van der Waals surface area contributed by atoms with Crippen molar-refractivity contribution in [1.29, 1.82) is 0 Å². The van der Waals surface area contributed by atoms with E-state index < -0.39 is 16.0 Å². The van der Waals surface area contributed by atoms with E-state index in [-0.39, 0.29) is 22.9 Å². The lowest BCUT2D eigenvalue weighted by molar-refractivity contribution is 0.0696. The summed E-state index contributed by atoms with van der Waals surface area (Å²) in [4.78, 5) is 11.0. The van der Waals surface area contributed by atoms with Crippen LogP contribution in [0.5, 0.6) is 0 Å². The van der Waals surface area contributed by atoms with Gasteiger partial charge >= 0.3 is 5.97 Å². The van der Waals surface area contributed by atoms with Crippen molar-refractivity contribution in [3.05, 3.63) is 51.4 Å². The number of hydrogen-bond acceptors (Lipinski definition) is 4. The Labute approximate surface area is 130 Å². The number of nitrogens with zero attached hydrogens (tertiary/aromatic N) is 1. The Bertz CT molecular complexity index is 828. The minimum absolute atomic E-state index is 0.159. The van der Waals surface area contributed by atoms with Crippen LogP contribution in [0.1, 0.15) is 21.5 Å². The highest BCUT2D eigenvalue weighted by atomic mass is 35.5. The van der Waals surface area contributed by atoms with Crippen molar-refractivity contribution < 1.29 is 18.3 Å². The quantitative estimate of drug-likeness (QED) is 0.929. The molecule has 0 saturated carbocycles. The van der Waals surface area contributed by atoms with Crippen LogP contribution in [0.4, 0.5) is 0 Å². The Morgan fingerprint density at radius 2 is 1.90 bits per heavy atom. The summed E-state index contributed by atoms with van der Waals surface area (Å²) in [6.45, 7) is 0.418. The van der Waals surface area contributed by atoms with Crippen LogP contribution in [0.3, 0.4) is 0 Å². The second-order valence-corrected chi connectivity index (χ2v) is 8.50. The van der Waals surface area contributed by atoms with Crippen LogP contribution < -0.4 is 0 Å². The number of benzene rings is 1. The summed E-state index contributed by atoms with van der Waals surface area (Å²) >= 11 is 6.80. The first-order valence-electron chi connectivity index (χ1n) is 5.98. The molecule has 2 aromatic rings. The van der Waals surface area contributed by atoms with Crippen molar-refractivity contribution >= 4 is 38.9 Å². The van der Waals surface area contributed by atoms with Crippen molar-refractivity contribution in [2.45, 2.75) is 17.3 Å². The van der Waals surface area contributed by atoms with Crippen LogP contribution >= 0.6 is 22.9 Å². The molecule has 21 heavy (non-hydrogen) atoms. The summed E-state index contributed by atoms with van der Waals surface area (Å²) in [5.41, 5.74) is 1.71. The highest BCUT2D eigenvalue weighted by molar-refractivity contribution is 7.91. The molecular formula is C13H10ClNO4S2. The van der Waals surface area contributed by atoms with Crippen molar-refractivity contribution in [1.82, 2.24) is 4.31 Å². The number of carboxylic acids is 1. The van der Waals surface area contributed by atoms with Gasteiger partial charge in [0.25, 0.3) is 10.0 Å². The molecule has 0 saturated heterocycles. The van der Waals surface area contributed by atoms with Gasteiger partial charge in [0.1, 0.15) is 4.21 Å². The van der Waals surface area contributed by atoms with Gasteiger partial charge in [-0.05, 0) is 35.4 Å². The smallest absolute Gasteiger partial charge is 0.335 e. The molecule has 1 aliphatic heterocycles. The van der Waals surface area contributed by atoms with Crippen LogP contribution in [-0.2, 0) is 23.1 Å². The maximum absolute atomic E-state index is 12.5. The lowest BCUT2D eigenvalue weighted by Crippen LogP contribution is -2.24. The highest BCUT2D eigenvalue weighted by Gasteiger charge is 2.32. The number of carboxylic acid groups (broad SMARTS) is 1. The Balaban J connectivity index is 1.92. The zero-order valence-electron chi connectivity index (χ0n) is 10.6. The zero-order valence-corrected chi connectivity index (χ0v) is 13.0. The van der Waals surface area contributed by atoms with E-state index in [4.69, 9.17) is 16.7 Å². The van der Waals surface area contributed by atoms with E-state index >= 15 is 0 Å². The van der Waals surface area contributed by atoms with Crippen molar-refractivity contribution in [3.8, 4) is 0 Å². The second kappa shape index (κ2) is 5.10. The van der Waals surface area contributed by atoms with E-state index in [1.54, 1.807) is 12.1 Å². The highest BCUT2D eigenvalue weighted by Crippen LogP contribution is 2.33. The molecule has 3 rings (SSSR count). The third-order valence-electron chi connectivity index (χ3n) is 3.29. The molecule has 0 atom stereocenters. The normalized spacial score (nSPS) is 15.1. The number of aromatic carboxylic acids is 1. The topological polar surface area (TPSA) is 74.7 Å². The second-order valence-electron chi connectivity index (χ2n) is 4.62. The van der Waals surface area contributed by atoms with Gasteiger partial charge in [0.2, 0.25) is 0 Å². The Hall–Kier alpha value is -1.41. The average molecular weight is 344 g/mol. The van der Waals surface area contributed by atoms with E-state index in [0.717, 1.165) is 22.5 Å². The average Bonchev–Trinajstić information content (AvgIpc) is 3.03. The van der Waals surface area contributed by atoms with Gasteiger partial charge in [-0.2, -0.15) is 4.31 Å². The summed E-state index contributed by atoms with van der Waals surface area (Å²) < 4.78 is 26.9. The minimum Gasteiger partial charge on any atom is -0.478 e. The molecule has 5 nitrogen and oxygen atoms in total. The molecule has 0 amide bonds.